The highest BCUT2D eigenvalue weighted by Gasteiger charge is 2.25. The highest BCUT2D eigenvalue weighted by Crippen LogP contribution is 2.21. The van der Waals surface area contributed by atoms with Crippen molar-refractivity contribution in [2.75, 3.05) is 26.7 Å². The number of thiazole rings is 1. The SMILES string of the molecule is CN(Cc1ccccc1)CC1CCN(C(=O)c2csc(CN)n2)CC1. The summed E-state index contributed by atoms with van der Waals surface area (Å²) in [6.07, 6.45) is 2.11. The molecule has 5 nitrogen and oxygen atoms in total. The maximum absolute atomic E-state index is 12.5. The maximum Gasteiger partial charge on any atom is 0.273 e. The largest absolute Gasteiger partial charge is 0.337 e. The molecule has 134 valence electrons. The molecule has 3 rings (SSSR count). The highest BCUT2D eigenvalue weighted by atomic mass is 32.1. The van der Waals surface area contributed by atoms with Crippen LogP contribution in [0.1, 0.15) is 33.9 Å². The number of nitrogens with two attached hydrogens (primary N) is 1. The summed E-state index contributed by atoms with van der Waals surface area (Å²) in [4.78, 5) is 21.1. The normalized spacial score (nSPS) is 15.7. The van der Waals surface area contributed by atoms with Crippen molar-refractivity contribution < 1.29 is 4.79 Å². The summed E-state index contributed by atoms with van der Waals surface area (Å²) in [7, 11) is 2.17. The van der Waals surface area contributed by atoms with Gasteiger partial charge in [0.05, 0.1) is 0 Å². The lowest BCUT2D eigenvalue weighted by Gasteiger charge is -2.33. The second-order valence-corrected chi connectivity index (χ2v) is 7.69. The van der Waals surface area contributed by atoms with Crippen LogP contribution < -0.4 is 5.73 Å². The Morgan fingerprint density at radius 3 is 2.68 bits per heavy atom. The molecule has 1 aromatic carbocycles. The summed E-state index contributed by atoms with van der Waals surface area (Å²) >= 11 is 1.46. The molecular formula is C19H26N4OS. The zero-order valence-corrected chi connectivity index (χ0v) is 15.5. The first-order chi connectivity index (χ1) is 12.2. The van der Waals surface area contributed by atoms with E-state index in [-0.39, 0.29) is 5.91 Å². The lowest BCUT2D eigenvalue weighted by molar-refractivity contribution is 0.0667. The Balaban J connectivity index is 1.46. The van der Waals surface area contributed by atoms with Crippen LogP contribution in [0.2, 0.25) is 0 Å². The number of carbonyl (C=O) groups is 1. The van der Waals surface area contributed by atoms with Crippen molar-refractivity contribution >= 4 is 17.2 Å². The van der Waals surface area contributed by atoms with Gasteiger partial charge in [0, 0.05) is 38.1 Å². The zero-order chi connectivity index (χ0) is 17.6. The van der Waals surface area contributed by atoms with Gasteiger partial charge in [-0.25, -0.2) is 4.98 Å². The van der Waals surface area contributed by atoms with Gasteiger partial charge in [0.2, 0.25) is 0 Å². The van der Waals surface area contributed by atoms with Gasteiger partial charge in [0.25, 0.3) is 5.91 Å². The lowest BCUT2D eigenvalue weighted by atomic mass is 9.96. The molecule has 0 spiro atoms. The fraction of sp³-hybridized carbons (Fsp3) is 0.474. The number of rotatable bonds is 6. The number of hydrogen-bond donors (Lipinski definition) is 1. The van der Waals surface area contributed by atoms with E-state index in [1.165, 1.54) is 16.9 Å². The molecule has 1 aliphatic heterocycles. The summed E-state index contributed by atoms with van der Waals surface area (Å²) in [5.74, 6) is 0.694. The van der Waals surface area contributed by atoms with Crippen molar-refractivity contribution in [2.24, 2.45) is 11.7 Å². The van der Waals surface area contributed by atoms with Crippen molar-refractivity contribution in [1.29, 1.82) is 0 Å². The Morgan fingerprint density at radius 2 is 2.04 bits per heavy atom. The third-order valence-electron chi connectivity index (χ3n) is 4.71. The Kier molecular flexibility index (Phi) is 6.18. The first-order valence-electron chi connectivity index (χ1n) is 8.82. The molecule has 0 atom stereocenters. The minimum atomic E-state index is 0.0482. The summed E-state index contributed by atoms with van der Waals surface area (Å²) in [5.41, 5.74) is 7.47. The Morgan fingerprint density at radius 1 is 1.32 bits per heavy atom. The van der Waals surface area contributed by atoms with Crippen molar-refractivity contribution in [3.05, 3.63) is 52.0 Å². The number of amides is 1. The van der Waals surface area contributed by atoms with E-state index < -0.39 is 0 Å². The van der Waals surface area contributed by atoms with Crippen LogP contribution in [-0.4, -0.2) is 47.4 Å². The van der Waals surface area contributed by atoms with Gasteiger partial charge in [-0.3, -0.25) is 4.79 Å². The first kappa shape index (κ1) is 18.0. The average molecular weight is 359 g/mol. The molecule has 1 saturated heterocycles. The van der Waals surface area contributed by atoms with Gasteiger partial charge in [0.15, 0.2) is 0 Å². The molecular weight excluding hydrogens is 332 g/mol. The maximum atomic E-state index is 12.5. The number of aromatic nitrogens is 1. The van der Waals surface area contributed by atoms with Gasteiger partial charge in [-0.05, 0) is 31.4 Å². The third kappa shape index (κ3) is 4.87. The summed E-state index contributed by atoms with van der Waals surface area (Å²) in [6.45, 7) is 4.08. The number of piperidine rings is 1. The number of likely N-dealkylation sites (tertiary alicyclic amines) is 1. The fourth-order valence-electron chi connectivity index (χ4n) is 3.38. The molecule has 0 saturated carbocycles. The van der Waals surface area contributed by atoms with Gasteiger partial charge in [-0.1, -0.05) is 30.3 Å². The van der Waals surface area contributed by atoms with E-state index in [1.54, 1.807) is 0 Å². The molecule has 6 heteroatoms. The van der Waals surface area contributed by atoms with E-state index in [1.807, 2.05) is 10.3 Å². The fourth-order valence-corrected chi connectivity index (χ4v) is 4.03. The van der Waals surface area contributed by atoms with E-state index in [9.17, 15) is 4.79 Å². The predicted molar refractivity (Wildman–Crippen MR) is 101 cm³/mol. The summed E-state index contributed by atoms with van der Waals surface area (Å²) in [5, 5.41) is 2.64. The van der Waals surface area contributed by atoms with E-state index in [4.69, 9.17) is 5.73 Å². The van der Waals surface area contributed by atoms with Crippen molar-refractivity contribution in [2.45, 2.75) is 25.9 Å². The smallest absolute Gasteiger partial charge is 0.273 e. The van der Waals surface area contributed by atoms with Crippen LogP contribution in [0.5, 0.6) is 0 Å². The van der Waals surface area contributed by atoms with Crippen molar-refractivity contribution in [1.82, 2.24) is 14.8 Å². The highest BCUT2D eigenvalue weighted by molar-refractivity contribution is 7.09. The molecule has 1 aliphatic rings. The quantitative estimate of drug-likeness (QED) is 0.862. The molecule has 1 amide bonds. The van der Waals surface area contributed by atoms with Gasteiger partial charge in [-0.2, -0.15) is 0 Å². The van der Waals surface area contributed by atoms with Crippen LogP contribution in [-0.2, 0) is 13.1 Å². The van der Waals surface area contributed by atoms with Gasteiger partial charge >= 0.3 is 0 Å². The lowest BCUT2D eigenvalue weighted by Crippen LogP contribution is -2.41. The average Bonchev–Trinajstić information content (AvgIpc) is 3.12. The Hall–Kier alpha value is -1.76. The topological polar surface area (TPSA) is 62.5 Å². The van der Waals surface area contributed by atoms with Gasteiger partial charge in [0.1, 0.15) is 10.7 Å². The molecule has 2 aromatic rings. The number of nitrogens with zero attached hydrogens (tertiary/aromatic N) is 3. The first-order valence-corrected chi connectivity index (χ1v) is 9.70. The van der Waals surface area contributed by atoms with E-state index in [2.05, 4.69) is 47.3 Å². The van der Waals surface area contributed by atoms with Crippen LogP contribution >= 0.6 is 11.3 Å². The molecule has 1 aromatic heterocycles. The zero-order valence-electron chi connectivity index (χ0n) is 14.7. The van der Waals surface area contributed by atoms with Crippen molar-refractivity contribution in [3.63, 3.8) is 0 Å². The Labute approximate surface area is 153 Å². The second kappa shape index (κ2) is 8.56. The number of carbonyl (C=O) groups excluding carboxylic acids is 1. The number of benzene rings is 1. The molecule has 25 heavy (non-hydrogen) atoms. The monoisotopic (exact) mass is 358 g/mol. The van der Waals surface area contributed by atoms with Crippen LogP contribution in [0.3, 0.4) is 0 Å². The minimum absolute atomic E-state index is 0.0482. The molecule has 1 fully saturated rings. The van der Waals surface area contributed by atoms with Crippen LogP contribution in [0.4, 0.5) is 0 Å². The van der Waals surface area contributed by atoms with E-state index in [0.29, 0.717) is 18.2 Å². The van der Waals surface area contributed by atoms with Crippen molar-refractivity contribution in [3.8, 4) is 0 Å². The van der Waals surface area contributed by atoms with Gasteiger partial charge < -0.3 is 15.5 Å². The molecule has 2 heterocycles. The predicted octanol–water partition coefficient (Wildman–Crippen LogP) is 2.59. The number of hydrogen-bond acceptors (Lipinski definition) is 5. The van der Waals surface area contributed by atoms with Gasteiger partial charge in [-0.15, -0.1) is 11.3 Å². The molecule has 2 N–H and O–H groups in total. The Bertz CT molecular complexity index is 680. The molecule has 0 unspecified atom stereocenters. The summed E-state index contributed by atoms with van der Waals surface area (Å²) in [6, 6.07) is 10.6. The van der Waals surface area contributed by atoms with Crippen LogP contribution in [0.15, 0.2) is 35.7 Å². The van der Waals surface area contributed by atoms with Crippen LogP contribution in [0, 0.1) is 5.92 Å². The van der Waals surface area contributed by atoms with E-state index >= 15 is 0 Å². The third-order valence-corrected chi connectivity index (χ3v) is 5.58. The molecule has 0 radical (unpaired) electrons. The minimum Gasteiger partial charge on any atom is -0.337 e. The molecule has 0 bridgehead atoms. The molecule has 0 aliphatic carbocycles. The standard InChI is InChI=1S/C19H26N4OS/c1-22(12-15-5-3-2-4-6-15)13-16-7-9-23(10-8-16)19(24)17-14-25-18(11-20)21-17/h2-6,14,16H,7-13,20H2,1H3. The summed E-state index contributed by atoms with van der Waals surface area (Å²) < 4.78 is 0. The second-order valence-electron chi connectivity index (χ2n) is 6.75. The van der Waals surface area contributed by atoms with Crippen LogP contribution in [0.25, 0.3) is 0 Å². The van der Waals surface area contributed by atoms with E-state index in [0.717, 1.165) is 44.0 Å².